The number of aryl methyl sites for hydroxylation is 1. The van der Waals surface area contributed by atoms with Gasteiger partial charge in [0.1, 0.15) is 16.2 Å². The van der Waals surface area contributed by atoms with Crippen LogP contribution in [-0.4, -0.2) is 21.5 Å². The first-order valence-corrected chi connectivity index (χ1v) is 6.64. The Bertz CT molecular complexity index is 495. The van der Waals surface area contributed by atoms with Gasteiger partial charge >= 0.3 is 0 Å². The molecule has 0 bridgehead atoms. The van der Waals surface area contributed by atoms with Gasteiger partial charge in [0.15, 0.2) is 0 Å². The lowest BCUT2D eigenvalue weighted by Crippen LogP contribution is -2.24. The molecule has 18 heavy (non-hydrogen) atoms. The summed E-state index contributed by atoms with van der Waals surface area (Å²) in [6, 6.07) is 7.87. The van der Waals surface area contributed by atoms with Crippen LogP contribution in [0.3, 0.4) is 0 Å². The van der Waals surface area contributed by atoms with Crippen molar-refractivity contribution >= 4 is 21.7 Å². The van der Waals surface area contributed by atoms with E-state index in [4.69, 9.17) is 0 Å². The number of pyridine rings is 1. The Morgan fingerprint density at radius 1 is 1.28 bits per heavy atom. The highest BCUT2D eigenvalue weighted by atomic mass is 79.9. The minimum atomic E-state index is 0.750. The van der Waals surface area contributed by atoms with Crippen LogP contribution >= 0.6 is 15.9 Å². The van der Waals surface area contributed by atoms with E-state index in [1.165, 1.54) is 0 Å². The SMILES string of the molecule is CCN(Cc1ccccn1)c1cc(Br)nc(C)n1. The molecule has 0 spiro atoms. The van der Waals surface area contributed by atoms with Crippen LogP contribution in [0.1, 0.15) is 18.4 Å². The molecule has 0 saturated heterocycles. The van der Waals surface area contributed by atoms with Gasteiger partial charge in [-0.25, -0.2) is 9.97 Å². The molecule has 5 heteroatoms. The van der Waals surface area contributed by atoms with Crippen molar-refractivity contribution in [2.75, 3.05) is 11.4 Å². The molecule has 2 rings (SSSR count). The predicted octanol–water partition coefficient (Wildman–Crippen LogP) is 2.97. The fraction of sp³-hybridized carbons (Fsp3) is 0.308. The monoisotopic (exact) mass is 306 g/mol. The molecule has 0 atom stereocenters. The molecule has 0 fully saturated rings. The van der Waals surface area contributed by atoms with Crippen molar-refractivity contribution < 1.29 is 0 Å². The molecular formula is C13H15BrN4. The van der Waals surface area contributed by atoms with E-state index in [1.54, 1.807) is 0 Å². The Hall–Kier alpha value is -1.49. The number of hydrogen-bond acceptors (Lipinski definition) is 4. The van der Waals surface area contributed by atoms with Gasteiger partial charge in [0.05, 0.1) is 12.2 Å². The van der Waals surface area contributed by atoms with Crippen molar-refractivity contribution in [1.29, 1.82) is 0 Å². The molecule has 0 unspecified atom stereocenters. The number of rotatable bonds is 4. The van der Waals surface area contributed by atoms with Crippen molar-refractivity contribution in [1.82, 2.24) is 15.0 Å². The molecule has 4 nitrogen and oxygen atoms in total. The van der Waals surface area contributed by atoms with E-state index in [0.29, 0.717) is 0 Å². The van der Waals surface area contributed by atoms with Gasteiger partial charge in [0.2, 0.25) is 0 Å². The lowest BCUT2D eigenvalue weighted by atomic mass is 10.3. The third-order valence-electron chi connectivity index (χ3n) is 2.58. The van der Waals surface area contributed by atoms with Gasteiger partial charge in [-0.05, 0) is 41.9 Å². The van der Waals surface area contributed by atoms with Crippen LogP contribution in [0.15, 0.2) is 35.1 Å². The van der Waals surface area contributed by atoms with Gasteiger partial charge < -0.3 is 4.90 Å². The van der Waals surface area contributed by atoms with Crippen LogP contribution in [0.5, 0.6) is 0 Å². The molecule has 0 saturated carbocycles. The number of hydrogen-bond donors (Lipinski definition) is 0. The van der Waals surface area contributed by atoms with E-state index in [2.05, 4.69) is 42.7 Å². The zero-order valence-corrected chi connectivity index (χ0v) is 12.1. The summed E-state index contributed by atoms with van der Waals surface area (Å²) in [5.41, 5.74) is 1.03. The van der Waals surface area contributed by atoms with Gasteiger partial charge in [-0.3, -0.25) is 4.98 Å². The Morgan fingerprint density at radius 3 is 2.72 bits per heavy atom. The van der Waals surface area contributed by atoms with Crippen LogP contribution in [0, 0.1) is 6.92 Å². The number of nitrogens with zero attached hydrogens (tertiary/aromatic N) is 4. The maximum absolute atomic E-state index is 4.46. The molecule has 0 aliphatic carbocycles. The van der Waals surface area contributed by atoms with Gasteiger partial charge in [0.25, 0.3) is 0 Å². The summed E-state index contributed by atoms with van der Waals surface area (Å²) >= 11 is 3.40. The maximum atomic E-state index is 4.46. The second-order valence-corrected chi connectivity index (χ2v) is 4.74. The Morgan fingerprint density at radius 2 is 2.11 bits per heavy atom. The van der Waals surface area contributed by atoms with Gasteiger partial charge in [-0.1, -0.05) is 6.07 Å². The first kappa shape index (κ1) is 13.0. The van der Waals surface area contributed by atoms with Crippen molar-refractivity contribution in [3.8, 4) is 0 Å². The van der Waals surface area contributed by atoms with Crippen LogP contribution in [0.25, 0.3) is 0 Å². The Balaban J connectivity index is 2.23. The average Bonchev–Trinajstić information content (AvgIpc) is 2.36. The molecule has 2 aromatic heterocycles. The molecule has 2 heterocycles. The molecule has 0 N–H and O–H groups in total. The first-order valence-electron chi connectivity index (χ1n) is 5.85. The zero-order chi connectivity index (χ0) is 13.0. The van der Waals surface area contributed by atoms with Crippen molar-refractivity contribution in [3.05, 3.63) is 46.6 Å². The first-order chi connectivity index (χ1) is 8.69. The molecular weight excluding hydrogens is 292 g/mol. The third-order valence-corrected chi connectivity index (χ3v) is 2.98. The smallest absolute Gasteiger partial charge is 0.133 e. The quantitative estimate of drug-likeness (QED) is 0.814. The summed E-state index contributed by atoms with van der Waals surface area (Å²) in [6.07, 6.45) is 1.81. The molecule has 0 radical (unpaired) electrons. The summed E-state index contributed by atoms with van der Waals surface area (Å²) in [5, 5.41) is 0. The summed E-state index contributed by atoms with van der Waals surface area (Å²) in [4.78, 5) is 15.2. The molecule has 2 aromatic rings. The predicted molar refractivity (Wildman–Crippen MR) is 75.4 cm³/mol. The van der Waals surface area contributed by atoms with E-state index in [0.717, 1.165) is 35.0 Å². The van der Waals surface area contributed by atoms with E-state index in [-0.39, 0.29) is 0 Å². The van der Waals surface area contributed by atoms with Crippen LogP contribution in [0.2, 0.25) is 0 Å². The van der Waals surface area contributed by atoms with Crippen LogP contribution in [-0.2, 0) is 6.54 Å². The van der Waals surface area contributed by atoms with E-state index in [1.807, 2.05) is 37.4 Å². The Kier molecular flexibility index (Phi) is 4.25. The van der Waals surface area contributed by atoms with Crippen molar-refractivity contribution in [2.24, 2.45) is 0 Å². The molecule has 0 aromatic carbocycles. The van der Waals surface area contributed by atoms with Crippen LogP contribution in [0.4, 0.5) is 5.82 Å². The fourth-order valence-electron chi connectivity index (χ4n) is 1.72. The van der Waals surface area contributed by atoms with Gasteiger partial charge in [-0.2, -0.15) is 0 Å². The molecule has 0 amide bonds. The van der Waals surface area contributed by atoms with E-state index >= 15 is 0 Å². The number of halogens is 1. The number of aromatic nitrogens is 3. The largest absolute Gasteiger partial charge is 0.351 e. The van der Waals surface area contributed by atoms with Gasteiger partial charge in [-0.15, -0.1) is 0 Å². The lowest BCUT2D eigenvalue weighted by molar-refractivity contribution is 0.785. The van der Waals surface area contributed by atoms with E-state index < -0.39 is 0 Å². The second kappa shape index (κ2) is 5.91. The summed E-state index contributed by atoms with van der Waals surface area (Å²) in [6.45, 7) is 5.62. The maximum Gasteiger partial charge on any atom is 0.133 e. The minimum Gasteiger partial charge on any atom is -0.351 e. The van der Waals surface area contributed by atoms with Crippen LogP contribution < -0.4 is 4.90 Å². The zero-order valence-electron chi connectivity index (χ0n) is 10.5. The highest BCUT2D eigenvalue weighted by Crippen LogP contribution is 2.17. The minimum absolute atomic E-state index is 0.750. The number of anilines is 1. The Labute approximate surface area is 115 Å². The van der Waals surface area contributed by atoms with E-state index in [9.17, 15) is 0 Å². The van der Waals surface area contributed by atoms with Crippen molar-refractivity contribution in [3.63, 3.8) is 0 Å². The highest BCUT2D eigenvalue weighted by Gasteiger charge is 2.09. The molecule has 0 aliphatic heterocycles. The molecule has 0 aliphatic rings. The normalized spacial score (nSPS) is 10.4. The second-order valence-electron chi connectivity index (χ2n) is 3.93. The molecule has 94 valence electrons. The summed E-state index contributed by atoms with van der Waals surface area (Å²) in [7, 11) is 0. The summed E-state index contributed by atoms with van der Waals surface area (Å²) < 4.78 is 0.810. The average molecular weight is 307 g/mol. The van der Waals surface area contributed by atoms with Gasteiger partial charge in [0, 0.05) is 18.8 Å². The fourth-order valence-corrected chi connectivity index (χ4v) is 2.18. The topological polar surface area (TPSA) is 41.9 Å². The third kappa shape index (κ3) is 3.26. The summed E-state index contributed by atoms with van der Waals surface area (Å²) in [5.74, 6) is 1.68. The lowest BCUT2D eigenvalue weighted by Gasteiger charge is -2.21. The highest BCUT2D eigenvalue weighted by molar-refractivity contribution is 9.10. The standard InChI is InChI=1S/C13H15BrN4/c1-3-18(9-11-6-4-5-7-15-11)13-8-12(14)16-10(2)17-13/h4-8H,3,9H2,1-2H3. The van der Waals surface area contributed by atoms with Crippen molar-refractivity contribution in [2.45, 2.75) is 20.4 Å².